The number of rotatable bonds is 3. The summed E-state index contributed by atoms with van der Waals surface area (Å²) in [7, 11) is 0. The summed E-state index contributed by atoms with van der Waals surface area (Å²) >= 11 is 0. The highest BCUT2D eigenvalue weighted by atomic mass is 16.7. The molecule has 6 nitrogen and oxygen atoms in total. The molecule has 2 N–H and O–H groups in total. The fourth-order valence-corrected chi connectivity index (χ4v) is 4.50. The van der Waals surface area contributed by atoms with Gasteiger partial charge in [0, 0.05) is 34.6 Å². The second-order valence-corrected chi connectivity index (χ2v) is 11.4. The Kier molecular flexibility index (Phi) is 5.24. The number of fused-ring (bicyclic) bond motifs is 2. The first-order valence-electron chi connectivity index (χ1n) is 12.0. The third kappa shape index (κ3) is 4.18. The molecule has 6 heteroatoms. The van der Waals surface area contributed by atoms with Gasteiger partial charge in [-0.15, -0.1) is 0 Å². The summed E-state index contributed by atoms with van der Waals surface area (Å²) in [6.45, 7) is 15.0. The molecule has 0 saturated heterocycles. The molecule has 0 bridgehead atoms. The van der Waals surface area contributed by atoms with Crippen molar-refractivity contribution in [2.24, 2.45) is 0 Å². The van der Waals surface area contributed by atoms with Crippen LogP contribution in [0.1, 0.15) is 58.2 Å². The van der Waals surface area contributed by atoms with Gasteiger partial charge in [0.1, 0.15) is 22.9 Å². The van der Waals surface area contributed by atoms with Gasteiger partial charge in [-0.25, -0.2) is 4.98 Å². The molecule has 0 radical (unpaired) electrons. The number of nitrogens with zero attached hydrogens (tertiary/aromatic N) is 2. The van der Waals surface area contributed by atoms with Crippen molar-refractivity contribution in [1.82, 2.24) is 9.38 Å². The maximum absolute atomic E-state index is 11.2. The van der Waals surface area contributed by atoms with E-state index in [1.54, 1.807) is 0 Å². The first-order valence-corrected chi connectivity index (χ1v) is 12.0. The number of imidazole rings is 1. The highest BCUT2D eigenvalue weighted by Gasteiger charge is 2.28. The van der Waals surface area contributed by atoms with Crippen molar-refractivity contribution in [3.8, 4) is 28.5 Å². The average molecular weight is 472 g/mol. The molecule has 182 valence electrons. The van der Waals surface area contributed by atoms with Gasteiger partial charge in [-0.3, -0.25) is 4.40 Å². The molecule has 0 atom stereocenters. The minimum absolute atomic E-state index is 0.234. The van der Waals surface area contributed by atoms with E-state index in [1.165, 1.54) is 0 Å². The van der Waals surface area contributed by atoms with E-state index in [-0.39, 0.29) is 17.6 Å². The van der Waals surface area contributed by atoms with Crippen LogP contribution in [0, 0.1) is 6.92 Å². The van der Waals surface area contributed by atoms with Crippen LogP contribution in [0.5, 0.6) is 17.2 Å². The van der Waals surface area contributed by atoms with E-state index in [0.717, 1.165) is 56.6 Å². The Bertz CT molecular complexity index is 1400. The van der Waals surface area contributed by atoms with Crippen molar-refractivity contribution in [3.63, 3.8) is 0 Å². The van der Waals surface area contributed by atoms with Crippen LogP contribution >= 0.6 is 0 Å². The molecule has 0 spiro atoms. The van der Waals surface area contributed by atoms with Gasteiger partial charge in [0.15, 0.2) is 11.5 Å². The molecule has 5 rings (SSSR count). The molecule has 0 fully saturated rings. The molecule has 0 amide bonds. The third-order valence-electron chi connectivity index (χ3n) is 6.40. The van der Waals surface area contributed by atoms with E-state index in [2.05, 4.69) is 82.6 Å². The Balaban J connectivity index is 1.74. The molecule has 1 aliphatic rings. The summed E-state index contributed by atoms with van der Waals surface area (Å²) in [6, 6.07) is 14.1. The standard InChI is InChI=1S/C29H33N3O3/c1-17-8-11-24-31-25(18-12-20(28(2,3)4)26(33)21(13-18)29(5,6)7)27(32(24)15-17)30-19-9-10-22-23(14-19)35-16-34-22/h8-15,30,33H,16H2,1-7H3. The summed E-state index contributed by atoms with van der Waals surface area (Å²) in [5.41, 5.74) is 5.98. The van der Waals surface area contributed by atoms with Crippen molar-refractivity contribution < 1.29 is 14.6 Å². The fraction of sp³-hybridized carbons (Fsp3) is 0.345. The smallest absolute Gasteiger partial charge is 0.231 e. The summed E-state index contributed by atoms with van der Waals surface area (Å²) in [6.07, 6.45) is 2.08. The Morgan fingerprint density at radius 1 is 0.886 bits per heavy atom. The van der Waals surface area contributed by atoms with Gasteiger partial charge < -0.3 is 19.9 Å². The SMILES string of the molecule is Cc1ccc2nc(-c3cc(C(C)(C)C)c(O)c(C(C)(C)C)c3)c(Nc3ccc4c(c3)OCO4)n2c1. The molecular weight excluding hydrogens is 438 g/mol. The number of benzene rings is 2. The lowest BCUT2D eigenvalue weighted by Crippen LogP contribution is -2.17. The second-order valence-electron chi connectivity index (χ2n) is 11.4. The normalized spacial score (nSPS) is 13.5. The maximum Gasteiger partial charge on any atom is 0.231 e. The van der Waals surface area contributed by atoms with Gasteiger partial charge in [0.05, 0.1) is 0 Å². The number of aryl methyl sites for hydroxylation is 1. The lowest BCUT2D eigenvalue weighted by molar-refractivity contribution is 0.174. The zero-order valence-electron chi connectivity index (χ0n) is 21.5. The number of aromatic nitrogens is 2. The quantitative estimate of drug-likeness (QED) is 0.334. The number of phenolic OH excluding ortho intramolecular Hbond substituents is 1. The first-order chi connectivity index (χ1) is 16.4. The molecule has 2 aromatic heterocycles. The highest BCUT2D eigenvalue weighted by Crippen LogP contribution is 2.44. The van der Waals surface area contributed by atoms with Crippen LogP contribution in [0.25, 0.3) is 16.9 Å². The van der Waals surface area contributed by atoms with E-state index >= 15 is 0 Å². The van der Waals surface area contributed by atoms with E-state index in [9.17, 15) is 5.11 Å². The van der Waals surface area contributed by atoms with Crippen LogP contribution in [0.2, 0.25) is 0 Å². The van der Waals surface area contributed by atoms with Crippen molar-refractivity contribution in [1.29, 1.82) is 0 Å². The predicted molar refractivity (Wildman–Crippen MR) is 140 cm³/mol. The summed E-state index contributed by atoms with van der Waals surface area (Å²) in [4.78, 5) is 5.03. The number of pyridine rings is 1. The van der Waals surface area contributed by atoms with Gasteiger partial charge in [-0.2, -0.15) is 0 Å². The van der Waals surface area contributed by atoms with E-state index in [0.29, 0.717) is 5.75 Å². The molecule has 4 aromatic rings. The van der Waals surface area contributed by atoms with Crippen molar-refractivity contribution in [2.45, 2.75) is 59.3 Å². The largest absolute Gasteiger partial charge is 0.507 e. The van der Waals surface area contributed by atoms with Crippen LogP contribution in [0.15, 0.2) is 48.7 Å². The van der Waals surface area contributed by atoms with Crippen molar-refractivity contribution >= 4 is 17.2 Å². The van der Waals surface area contributed by atoms with Gasteiger partial charge in [-0.05, 0) is 53.6 Å². The lowest BCUT2D eigenvalue weighted by atomic mass is 9.78. The van der Waals surface area contributed by atoms with E-state index in [1.807, 2.05) is 24.3 Å². The van der Waals surface area contributed by atoms with E-state index < -0.39 is 0 Å². The lowest BCUT2D eigenvalue weighted by Gasteiger charge is -2.28. The number of ether oxygens (including phenoxy) is 2. The predicted octanol–water partition coefficient (Wildman–Crippen LogP) is 7.08. The van der Waals surface area contributed by atoms with Crippen LogP contribution in [0.3, 0.4) is 0 Å². The van der Waals surface area contributed by atoms with Crippen molar-refractivity contribution in [3.05, 3.63) is 65.4 Å². The molecule has 3 heterocycles. The van der Waals surface area contributed by atoms with Gasteiger partial charge in [0.2, 0.25) is 6.79 Å². The number of phenols is 1. The maximum atomic E-state index is 11.2. The summed E-state index contributed by atoms with van der Waals surface area (Å²) in [5.74, 6) is 2.68. The zero-order chi connectivity index (χ0) is 25.1. The highest BCUT2D eigenvalue weighted by molar-refractivity contribution is 5.82. The molecule has 1 aliphatic heterocycles. The summed E-state index contributed by atoms with van der Waals surface area (Å²) in [5, 5.41) is 14.8. The molecule has 35 heavy (non-hydrogen) atoms. The number of hydrogen-bond donors (Lipinski definition) is 2. The topological polar surface area (TPSA) is 68.0 Å². The number of anilines is 2. The van der Waals surface area contributed by atoms with Gasteiger partial charge in [-0.1, -0.05) is 47.6 Å². The average Bonchev–Trinajstić information content (AvgIpc) is 3.37. The fourth-order valence-electron chi connectivity index (χ4n) is 4.50. The second kappa shape index (κ2) is 7.94. The molecule has 2 aromatic carbocycles. The number of aromatic hydroxyl groups is 1. The van der Waals surface area contributed by atoms with Crippen molar-refractivity contribution in [2.75, 3.05) is 12.1 Å². The minimum atomic E-state index is -0.235. The monoisotopic (exact) mass is 471 g/mol. The van der Waals surface area contributed by atoms with Crippen LogP contribution < -0.4 is 14.8 Å². The Hall–Kier alpha value is -3.67. The molecular formula is C29H33N3O3. The Morgan fingerprint density at radius 2 is 1.54 bits per heavy atom. The summed E-state index contributed by atoms with van der Waals surface area (Å²) < 4.78 is 13.1. The molecule has 0 aliphatic carbocycles. The number of hydrogen-bond acceptors (Lipinski definition) is 5. The van der Waals surface area contributed by atoms with Gasteiger partial charge in [0.25, 0.3) is 0 Å². The molecule has 0 saturated carbocycles. The molecule has 0 unspecified atom stereocenters. The Labute approximate surface area is 206 Å². The van der Waals surface area contributed by atoms with Gasteiger partial charge >= 0.3 is 0 Å². The minimum Gasteiger partial charge on any atom is -0.507 e. The van der Waals surface area contributed by atoms with Crippen LogP contribution in [-0.2, 0) is 10.8 Å². The zero-order valence-corrected chi connectivity index (χ0v) is 21.5. The van der Waals surface area contributed by atoms with E-state index in [4.69, 9.17) is 14.5 Å². The van der Waals surface area contributed by atoms with Crippen LogP contribution in [0.4, 0.5) is 11.5 Å². The first kappa shape index (κ1) is 23.1. The van der Waals surface area contributed by atoms with Crippen LogP contribution in [-0.4, -0.2) is 21.3 Å². The number of nitrogens with one attached hydrogen (secondary N) is 1. The Morgan fingerprint density at radius 3 is 2.20 bits per heavy atom. The third-order valence-corrected chi connectivity index (χ3v) is 6.40.